The molecule has 1 aromatic heterocycles. The highest BCUT2D eigenvalue weighted by Gasteiger charge is 2.27. The molecule has 1 aliphatic heterocycles. The number of carbonyl (C=O) groups is 3. The van der Waals surface area contributed by atoms with E-state index < -0.39 is 0 Å². The minimum absolute atomic E-state index is 0.0479. The molecule has 2 aliphatic rings. The Kier molecular flexibility index (Phi) is 4.71. The fraction of sp³-hybridized carbons (Fsp3) is 0.208. The summed E-state index contributed by atoms with van der Waals surface area (Å²) >= 11 is 1.74. The van der Waals surface area contributed by atoms with Crippen LogP contribution in [0.4, 0.5) is 0 Å². The standard InChI is InChI=1S/C24H20N2O3S/c27-22(26-11-8-21-16(14-26)9-12-30-21)7-10-25-24(29)15-5-6-18-17-3-1-2-4-19(17)23(28)20(18)13-15/h1-6,9,12-13H,7-8,10-11,14H2,(H,25,29). The van der Waals surface area contributed by atoms with Crippen LogP contribution in [0.3, 0.4) is 0 Å². The lowest BCUT2D eigenvalue weighted by atomic mass is 10.0. The number of nitrogens with one attached hydrogen (secondary N) is 1. The van der Waals surface area contributed by atoms with Crippen LogP contribution in [0.15, 0.2) is 53.9 Å². The summed E-state index contributed by atoms with van der Waals surface area (Å²) in [7, 11) is 0. The molecule has 0 saturated carbocycles. The van der Waals surface area contributed by atoms with Crippen LogP contribution in [-0.4, -0.2) is 35.6 Å². The molecule has 150 valence electrons. The van der Waals surface area contributed by atoms with E-state index in [9.17, 15) is 14.4 Å². The number of hydrogen-bond acceptors (Lipinski definition) is 4. The number of hydrogen-bond donors (Lipinski definition) is 1. The van der Waals surface area contributed by atoms with Crippen molar-refractivity contribution < 1.29 is 14.4 Å². The first kappa shape index (κ1) is 18.8. The molecule has 6 heteroatoms. The number of ketones is 1. The van der Waals surface area contributed by atoms with Crippen molar-refractivity contribution in [3.63, 3.8) is 0 Å². The molecule has 2 amide bonds. The van der Waals surface area contributed by atoms with Gasteiger partial charge in [0.05, 0.1) is 0 Å². The minimum atomic E-state index is -0.270. The Morgan fingerprint density at radius 1 is 1.00 bits per heavy atom. The highest BCUT2D eigenvalue weighted by atomic mass is 32.1. The number of rotatable bonds is 4. The fourth-order valence-electron chi connectivity index (χ4n) is 4.17. The maximum absolute atomic E-state index is 12.6. The van der Waals surface area contributed by atoms with Crippen LogP contribution in [0.2, 0.25) is 0 Å². The van der Waals surface area contributed by atoms with Crippen molar-refractivity contribution in [1.29, 1.82) is 0 Å². The lowest BCUT2D eigenvalue weighted by Crippen LogP contribution is -2.37. The smallest absolute Gasteiger partial charge is 0.251 e. The molecule has 1 aliphatic carbocycles. The van der Waals surface area contributed by atoms with Crippen LogP contribution in [-0.2, 0) is 17.8 Å². The van der Waals surface area contributed by atoms with Crippen LogP contribution in [0.25, 0.3) is 11.1 Å². The summed E-state index contributed by atoms with van der Waals surface area (Å²) in [5.41, 5.74) is 4.66. The Labute approximate surface area is 178 Å². The maximum Gasteiger partial charge on any atom is 0.251 e. The van der Waals surface area contributed by atoms with E-state index in [2.05, 4.69) is 16.8 Å². The molecule has 0 atom stereocenters. The molecule has 0 fully saturated rings. The van der Waals surface area contributed by atoms with Gasteiger partial charge in [0.25, 0.3) is 5.91 Å². The number of fused-ring (bicyclic) bond motifs is 4. The van der Waals surface area contributed by atoms with Gasteiger partial charge < -0.3 is 10.2 Å². The molecule has 5 nitrogen and oxygen atoms in total. The number of nitrogens with zero attached hydrogens (tertiary/aromatic N) is 1. The van der Waals surface area contributed by atoms with Gasteiger partial charge >= 0.3 is 0 Å². The largest absolute Gasteiger partial charge is 0.352 e. The first-order valence-electron chi connectivity index (χ1n) is 10.0. The molecular formula is C24H20N2O3S. The van der Waals surface area contributed by atoms with Gasteiger partial charge in [-0.15, -0.1) is 11.3 Å². The molecule has 0 unspecified atom stereocenters. The Bertz CT molecular complexity index is 1180. The second-order valence-electron chi connectivity index (χ2n) is 7.58. The van der Waals surface area contributed by atoms with Crippen LogP contribution in [0, 0.1) is 0 Å². The molecule has 0 saturated heterocycles. The highest BCUT2D eigenvalue weighted by Crippen LogP contribution is 2.36. The van der Waals surface area contributed by atoms with Crippen molar-refractivity contribution in [3.8, 4) is 11.1 Å². The third kappa shape index (κ3) is 3.23. The third-order valence-electron chi connectivity index (χ3n) is 5.77. The van der Waals surface area contributed by atoms with Gasteiger partial charge in [0, 0.05) is 47.6 Å². The van der Waals surface area contributed by atoms with Gasteiger partial charge in [-0.1, -0.05) is 30.3 Å². The molecule has 2 aromatic carbocycles. The summed E-state index contributed by atoms with van der Waals surface area (Å²) in [5.74, 6) is -0.275. The number of thiophene rings is 1. The van der Waals surface area contributed by atoms with Crippen LogP contribution in [0.1, 0.15) is 43.1 Å². The van der Waals surface area contributed by atoms with E-state index in [1.54, 1.807) is 23.5 Å². The Balaban J connectivity index is 1.20. The molecule has 1 N–H and O–H groups in total. The van der Waals surface area contributed by atoms with Gasteiger partial charge in [-0.3, -0.25) is 14.4 Å². The van der Waals surface area contributed by atoms with E-state index in [-0.39, 0.29) is 30.6 Å². The quantitative estimate of drug-likeness (QED) is 0.552. The van der Waals surface area contributed by atoms with E-state index >= 15 is 0 Å². The van der Waals surface area contributed by atoms with Crippen molar-refractivity contribution in [1.82, 2.24) is 10.2 Å². The third-order valence-corrected chi connectivity index (χ3v) is 6.80. The van der Waals surface area contributed by atoms with Crippen molar-refractivity contribution in [2.24, 2.45) is 0 Å². The predicted octanol–water partition coefficient (Wildman–Crippen LogP) is 3.66. The van der Waals surface area contributed by atoms with E-state index in [1.807, 2.05) is 35.2 Å². The topological polar surface area (TPSA) is 66.5 Å². The second-order valence-corrected chi connectivity index (χ2v) is 8.58. The SMILES string of the molecule is O=C(NCCC(=O)N1CCc2sccc2C1)c1ccc2c(c1)C(=O)c1ccccc1-2. The van der Waals surface area contributed by atoms with E-state index in [0.717, 1.165) is 24.1 Å². The van der Waals surface area contributed by atoms with Gasteiger partial charge in [0.15, 0.2) is 5.78 Å². The van der Waals surface area contributed by atoms with Crippen molar-refractivity contribution in [2.45, 2.75) is 19.4 Å². The summed E-state index contributed by atoms with van der Waals surface area (Å²) in [6.45, 7) is 1.66. The molecule has 0 radical (unpaired) electrons. The monoisotopic (exact) mass is 416 g/mol. The fourth-order valence-corrected chi connectivity index (χ4v) is 5.06. The molecule has 0 spiro atoms. The number of carbonyl (C=O) groups excluding carboxylic acids is 3. The summed E-state index contributed by atoms with van der Waals surface area (Å²) in [6.07, 6.45) is 1.16. The Morgan fingerprint density at radius 3 is 2.67 bits per heavy atom. The van der Waals surface area contributed by atoms with E-state index in [0.29, 0.717) is 23.2 Å². The van der Waals surface area contributed by atoms with Crippen molar-refractivity contribution in [2.75, 3.05) is 13.1 Å². The van der Waals surface area contributed by atoms with Crippen LogP contribution in [0.5, 0.6) is 0 Å². The number of benzene rings is 2. The summed E-state index contributed by atoms with van der Waals surface area (Å²) in [4.78, 5) is 40.9. The maximum atomic E-state index is 12.6. The molecule has 0 bridgehead atoms. The lowest BCUT2D eigenvalue weighted by molar-refractivity contribution is -0.131. The zero-order chi connectivity index (χ0) is 20.7. The molecular weight excluding hydrogens is 396 g/mol. The second kappa shape index (κ2) is 7.54. The molecule has 3 aromatic rings. The average Bonchev–Trinajstić information content (AvgIpc) is 3.36. The van der Waals surface area contributed by atoms with Gasteiger partial charge in [0.1, 0.15) is 0 Å². The lowest BCUT2D eigenvalue weighted by Gasteiger charge is -2.27. The summed E-state index contributed by atoms with van der Waals surface area (Å²) in [6, 6.07) is 14.8. The van der Waals surface area contributed by atoms with Crippen LogP contribution < -0.4 is 5.32 Å². The van der Waals surface area contributed by atoms with E-state index in [1.165, 1.54) is 10.4 Å². The van der Waals surface area contributed by atoms with Crippen LogP contribution >= 0.6 is 11.3 Å². The van der Waals surface area contributed by atoms with E-state index in [4.69, 9.17) is 0 Å². The first-order chi connectivity index (χ1) is 14.6. The highest BCUT2D eigenvalue weighted by molar-refractivity contribution is 7.10. The van der Waals surface area contributed by atoms with Gasteiger partial charge in [0.2, 0.25) is 5.91 Å². The normalized spacial score (nSPS) is 14.1. The minimum Gasteiger partial charge on any atom is -0.352 e. The molecule has 5 rings (SSSR count). The predicted molar refractivity (Wildman–Crippen MR) is 116 cm³/mol. The molecule has 2 heterocycles. The zero-order valence-electron chi connectivity index (χ0n) is 16.3. The number of amides is 2. The first-order valence-corrected chi connectivity index (χ1v) is 10.9. The summed E-state index contributed by atoms with van der Waals surface area (Å²) < 4.78 is 0. The van der Waals surface area contributed by atoms with Crippen molar-refractivity contribution in [3.05, 3.63) is 81.0 Å². The van der Waals surface area contributed by atoms with Gasteiger partial charge in [-0.25, -0.2) is 0 Å². The van der Waals surface area contributed by atoms with Gasteiger partial charge in [-0.2, -0.15) is 0 Å². The Hall–Kier alpha value is -3.25. The molecule has 30 heavy (non-hydrogen) atoms. The summed E-state index contributed by atoms with van der Waals surface area (Å²) in [5, 5.41) is 4.88. The van der Waals surface area contributed by atoms with Crippen molar-refractivity contribution >= 4 is 28.9 Å². The Morgan fingerprint density at radius 2 is 1.80 bits per heavy atom. The van der Waals surface area contributed by atoms with Gasteiger partial charge in [-0.05, 0) is 46.7 Å². The zero-order valence-corrected chi connectivity index (χ0v) is 17.1. The average molecular weight is 417 g/mol.